The van der Waals surface area contributed by atoms with Crippen LogP contribution < -0.4 is 5.73 Å². The third kappa shape index (κ3) is 1.84. The number of nitrogens with two attached hydrogens (primary N) is 1. The third-order valence-corrected chi connectivity index (χ3v) is 4.35. The summed E-state index contributed by atoms with van der Waals surface area (Å²) in [7, 11) is 0. The molecule has 1 aromatic heterocycles. The molecule has 0 radical (unpaired) electrons. The van der Waals surface area contributed by atoms with Gasteiger partial charge in [-0.25, -0.2) is 4.98 Å². The Bertz CT molecular complexity index is 317. The molecule has 0 amide bonds. The summed E-state index contributed by atoms with van der Waals surface area (Å²) < 4.78 is 0. The van der Waals surface area contributed by atoms with Gasteiger partial charge in [0.2, 0.25) is 0 Å². The van der Waals surface area contributed by atoms with Crippen molar-refractivity contribution in [3.63, 3.8) is 0 Å². The van der Waals surface area contributed by atoms with E-state index in [2.05, 4.69) is 11.9 Å². The lowest BCUT2D eigenvalue weighted by molar-refractivity contribution is 0.445. The van der Waals surface area contributed by atoms with Gasteiger partial charge in [0.15, 0.2) is 0 Å². The Morgan fingerprint density at radius 3 is 3.07 bits per heavy atom. The van der Waals surface area contributed by atoms with Crippen LogP contribution in [0.4, 0.5) is 0 Å². The molecule has 3 heteroatoms. The maximum Gasteiger partial charge on any atom is 0.110 e. The molecule has 0 saturated heterocycles. The topological polar surface area (TPSA) is 38.9 Å². The van der Waals surface area contributed by atoms with Gasteiger partial charge in [-0.15, -0.1) is 11.3 Å². The number of aromatic nitrogens is 1. The van der Waals surface area contributed by atoms with E-state index >= 15 is 0 Å². The summed E-state index contributed by atoms with van der Waals surface area (Å²) in [4.78, 5) is 6.11. The van der Waals surface area contributed by atoms with E-state index < -0.39 is 0 Å². The summed E-state index contributed by atoms with van der Waals surface area (Å²) in [5.41, 5.74) is 7.17. The molecule has 14 heavy (non-hydrogen) atoms. The summed E-state index contributed by atoms with van der Waals surface area (Å²) >= 11 is 1.83. The number of nitrogens with zero attached hydrogens (tertiary/aromatic N) is 1. The summed E-state index contributed by atoms with van der Waals surface area (Å²) in [6.07, 6.45) is 5.00. The van der Waals surface area contributed by atoms with Gasteiger partial charge in [0.1, 0.15) is 5.01 Å². The lowest BCUT2D eigenvalue weighted by Gasteiger charge is -2.18. The fraction of sp³-hybridized carbons (Fsp3) is 0.727. The van der Waals surface area contributed by atoms with E-state index in [0.717, 1.165) is 17.3 Å². The first-order valence-electron chi connectivity index (χ1n) is 5.44. The highest BCUT2D eigenvalue weighted by atomic mass is 32.1. The number of rotatable bonds is 2. The van der Waals surface area contributed by atoms with E-state index in [1.165, 1.54) is 29.8 Å². The van der Waals surface area contributed by atoms with E-state index in [-0.39, 0.29) is 6.04 Å². The maximum atomic E-state index is 5.84. The third-order valence-electron chi connectivity index (χ3n) is 3.03. The zero-order valence-electron chi connectivity index (χ0n) is 8.92. The van der Waals surface area contributed by atoms with Gasteiger partial charge >= 0.3 is 0 Å². The van der Waals surface area contributed by atoms with Crippen molar-refractivity contribution < 1.29 is 0 Å². The number of fused-ring (bicyclic) bond motifs is 1. The smallest absolute Gasteiger partial charge is 0.110 e. The van der Waals surface area contributed by atoms with Crippen LogP contribution in [-0.4, -0.2) is 4.98 Å². The second-order valence-corrected chi connectivity index (χ2v) is 5.34. The lowest BCUT2D eigenvalue weighted by atomic mass is 9.89. The van der Waals surface area contributed by atoms with Gasteiger partial charge < -0.3 is 5.73 Å². The van der Waals surface area contributed by atoms with Gasteiger partial charge in [-0.05, 0) is 32.1 Å². The molecule has 1 aromatic rings. The Balaban J connectivity index is 2.21. The molecule has 2 atom stereocenters. The molecular formula is C11H18N2S. The molecule has 1 aliphatic carbocycles. The highest BCUT2D eigenvalue weighted by molar-refractivity contribution is 7.11. The minimum absolute atomic E-state index is 0.102. The number of hydrogen-bond acceptors (Lipinski definition) is 3. The molecular weight excluding hydrogens is 192 g/mol. The van der Waals surface area contributed by atoms with Gasteiger partial charge in [0, 0.05) is 4.88 Å². The van der Waals surface area contributed by atoms with Gasteiger partial charge in [-0.2, -0.15) is 0 Å². The Kier molecular flexibility index (Phi) is 2.88. The SMILES string of the molecule is CCC1CCc2nc([C@@H](C)N)sc2C1. The van der Waals surface area contributed by atoms with Crippen molar-refractivity contribution in [2.24, 2.45) is 11.7 Å². The van der Waals surface area contributed by atoms with E-state index in [4.69, 9.17) is 5.73 Å². The van der Waals surface area contributed by atoms with Crippen LogP contribution in [0.15, 0.2) is 0 Å². The Hall–Kier alpha value is -0.410. The van der Waals surface area contributed by atoms with Crippen LogP contribution in [0.5, 0.6) is 0 Å². The predicted octanol–water partition coefficient (Wildman–Crippen LogP) is 2.68. The Morgan fingerprint density at radius 2 is 2.43 bits per heavy atom. The molecule has 1 aliphatic rings. The lowest BCUT2D eigenvalue weighted by Crippen LogP contribution is -2.11. The van der Waals surface area contributed by atoms with E-state index in [1.807, 2.05) is 18.3 Å². The van der Waals surface area contributed by atoms with Crippen LogP contribution in [0.1, 0.15) is 48.3 Å². The average Bonchev–Trinajstić information content (AvgIpc) is 2.59. The normalized spacial score (nSPS) is 23.2. The molecule has 0 spiro atoms. The molecule has 1 unspecified atom stereocenters. The van der Waals surface area contributed by atoms with Crippen molar-refractivity contribution in [2.75, 3.05) is 0 Å². The maximum absolute atomic E-state index is 5.84. The number of hydrogen-bond donors (Lipinski definition) is 1. The summed E-state index contributed by atoms with van der Waals surface area (Å²) in [5, 5.41) is 1.12. The zero-order chi connectivity index (χ0) is 10.1. The molecule has 2 rings (SSSR count). The van der Waals surface area contributed by atoms with E-state index in [1.54, 1.807) is 0 Å². The average molecular weight is 210 g/mol. The number of aryl methyl sites for hydroxylation is 1. The minimum Gasteiger partial charge on any atom is -0.322 e. The molecule has 0 aromatic carbocycles. The minimum atomic E-state index is 0.102. The summed E-state index contributed by atoms with van der Waals surface area (Å²) in [6, 6.07) is 0.102. The van der Waals surface area contributed by atoms with Gasteiger partial charge in [-0.1, -0.05) is 13.3 Å². The van der Waals surface area contributed by atoms with E-state index in [0.29, 0.717) is 0 Å². The van der Waals surface area contributed by atoms with Gasteiger partial charge in [0.05, 0.1) is 11.7 Å². The molecule has 0 bridgehead atoms. The zero-order valence-corrected chi connectivity index (χ0v) is 9.73. The van der Waals surface area contributed by atoms with E-state index in [9.17, 15) is 0 Å². The van der Waals surface area contributed by atoms with Crippen molar-refractivity contribution >= 4 is 11.3 Å². The van der Waals surface area contributed by atoms with Gasteiger partial charge in [0.25, 0.3) is 0 Å². The molecule has 2 nitrogen and oxygen atoms in total. The molecule has 0 saturated carbocycles. The molecule has 0 aliphatic heterocycles. The van der Waals surface area contributed by atoms with Crippen LogP contribution in [0.2, 0.25) is 0 Å². The van der Waals surface area contributed by atoms with Crippen LogP contribution >= 0.6 is 11.3 Å². The monoisotopic (exact) mass is 210 g/mol. The standard InChI is InChI=1S/C11H18N2S/c1-3-8-4-5-9-10(6-8)14-11(13-9)7(2)12/h7-8H,3-6,12H2,1-2H3/t7-,8?/m1/s1. The van der Waals surface area contributed by atoms with Crippen LogP contribution in [0, 0.1) is 5.92 Å². The Labute approximate surface area is 89.5 Å². The highest BCUT2D eigenvalue weighted by Crippen LogP contribution is 2.32. The molecule has 78 valence electrons. The first-order valence-corrected chi connectivity index (χ1v) is 6.26. The second-order valence-electron chi connectivity index (χ2n) is 4.23. The van der Waals surface area contributed by atoms with Gasteiger partial charge in [-0.3, -0.25) is 0 Å². The first kappa shape index (κ1) is 10.1. The van der Waals surface area contributed by atoms with Crippen molar-refractivity contribution in [3.8, 4) is 0 Å². The quantitative estimate of drug-likeness (QED) is 0.815. The largest absolute Gasteiger partial charge is 0.322 e. The second kappa shape index (κ2) is 3.99. The molecule has 0 fully saturated rings. The highest BCUT2D eigenvalue weighted by Gasteiger charge is 2.21. The predicted molar refractivity (Wildman–Crippen MR) is 60.5 cm³/mol. The van der Waals surface area contributed by atoms with Crippen molar-refractivity contribution in [3.05, 3.63) is 15.6 Å². The summed E-state index contributed by atoms with van der Waals surface area (Å²) in [5.74, 6) is 0.879. The van der Waals surface area contributed by atoms with Crippen LogP contribution in [0.3, 0.4) is 0 Å². The Morgan fingerprint density at radius 1 is 1.64 bits per heavy atom. The first-order chi connectivity index (χ1) is 6.70. The van der Waals surface area contributed by atoms with Crippen molar-refractivity contribution in [1.82, 2.24) is 4.98 Å². The fourth-order valence-electron chi connectivity index (χ4n) is 2.01. The van der Waals surface area contributed by atoms with Crippen molar-refractivity contribution in [2.45, 2.75) is 45.6 Å². The molecule has 2 N–H and O–H groups in total. The summed E-state index contributed by atoms with van der Waals surface area (Å²) in [6.45, 7) is 4.30. The van der Waals surface area contributed by atoms with Crippen LogP contribution in [-0.2, 0) is 12.8 Å². The number of thiazole rings is 1. The fourth-order valence-corrected chi connectivity index (χ4v) is 3.19. The van der Waals surface area contributed by atoms with Crippen molar-refractivity contribution in [1.29, 1.82) is 0 Å². The molecule has 1 heterocycles. The van der Waals surface area contributed by atoms with Crippen LogP contribution in [0.25, 0.3) is 0 Å².